The fourth-order valence-electron chi connectivity index (χ4n) is 5.39. The van der Waals surface area contributed by atoms with Gasteiger partial charge in [-0.05, 0) is 60.0 Å². The van der Waals surface area contributed by atoms with Gasteiger partial charge < -0.3 is 10.2 Å². The molecule has 0 amide bonds. The minimum absolute atomic E-state index is 0.0824. The molecule has 20 heavy (non-hydrogen) atoms. The first-order valence-corrected chi connectivity index (χ1v) is 7.94. The number of carbonyl (C=O) groups excluding carboxylic acids is 1. The molecule has 5 unspecified atom stereocenters. The van der Waals surface area contributed by atoms with E-state index in [0.717, 1.165) is 31.3 Å². The lowest BCUT2D eigenvalue weighted by molar-refractivity contribution is -0.123. The Morgan fingerprint density at radius 3 is 2.80 bits per heavy atom. The number of allylic oxidation sites excluding steroid dienone is 1. The summed E-state index contributed by atoms with van der Waals surface area (Å²) in [4.78, 5) is 11.7. The van der Waals surface area contributed by atoms with Crippen molar-refractivity contribution in [2.24, 2.45) is 22.7 Å². The molecule has 0 aliphatic heterocycles. The van der Waals surface area contributed by atoms with Gasteiger partial charge in [0.15, 0.2) is 5.78 Å². The largest absolute Gasteiger partial charge is 0.396 e. The van der Waals surface area contributed by atoms with E-state index in [-0.39, 0.29) is 23.2 Å². The first-order valence-electron chi connectivity index (χ1n) is 7.94. The van der Waals surface area contributed by atoms with Gasteiger partial charge in [-0.2, -0.15) is 0 Å². The van der Waals surface area contributed by atoms with Crippen LogP contribution in [0.2, 0.25) is 0 Å². The molecule has 2 saturated carbocycles. The molecule has 3 aliphatic rings. The Hall–Kier alpha value is -0.670. The number of hydrogen-bond acceptors (Lipinski definition) is 3. The zero-order chi connectivity index (χ0) is 14.5. The molecule has 3 rings (SSSR count). The van der Waals surface area contributed by atoms with Crippen LogP contribution in [0.3, 0.4) is 0 Å². The quantitative estimate of drug-likeness (QED) is 0.774. The van der Waals surface area contributed by atoms with Crippen LogP contribution in [0.15, 0.2) is 11.6 Å². The Bertz CT molecular complexity index is 455. The van der Waals surface area contributed by atoms with Crippen molar-refractivity contribution >= 4 is 5.78 Å². The van der Waals surface area contributed by atoms with Crippen LogP contribution >= 0.6 is 0 Å². The van der Waals surface area contributed by atoms with Crippen LogP contribution < -0.4 is 0 Å². The summed E-state index contributed by atoms with van der Waals surface area (Å²) in [5.41, 5.74) is 1.02. The monoisotopic (exact) mass is 278 g/mol. The van der Waals surface area contributed by atoms with Gasteiger partial charge in [0.2, 0.25) is 0 Å². The number of aliphatic hydroxyl groups is 2. The van der Waals surface area contributed by atoms with Gasteiger partial charge in [-0.25, -0.2) is 0 Å². The molecular weight excluding hydrogens is 252 g/mol. The summed E-state index contributed by atoms with van der Waals surface area (Å²) in [5, 5.41) is 20.4. The number of ketones is 1. The molecule has 0 radical (unpaired) electrons. The summed E-state index contributed by atoms with van der Waals surface area (Å²) < 4.78 is 0. The lowest BCUT2D eigenvalue weighted by atomic mass is 9.45. The van der Waals surface area contributed by atoms with Crippen LogP contribution in [0.25, 0.3) is 0 Å². The molecule has 3 nitrogen and oxygen atoms in total. The smallest absolute Gasteiger partial charge is 0.155 e. The van der Waals surface area contributed by atoms with E-state index in [1.54, 1.807) is 6.08 Å². The summed E-state index contributed by atoms with van der Waals surface area (Å²) in [5.74, 6) is 0.831. The molecule has 3 aliphatic carbocycles. The highest BCUT2D eigenvalue weighted by Gasteiger charge is 2.57. The number of carbonyl (C=O) groups is 1. The molecule has 2 N–H and O–H groups in total. The highest BCUT2D eigenvalue weighted by Crippen LogP contribution is 2.62. The average molecular weight is 278 g/mol. The number of fused-ring (bicyclic) bond motifs is 3. The van der Waals surface area contributed by atoms with Crippen LogP contribution in [-0.2, 0) is 4.79 Å². The Balaban J connectivity index is 2.03. The summed E-state index contributed by atoms with van der Waals surface area (Å²) in [6, 6.07) is 0. The SMILES string of the molecule is CC1(CO)CCCC2(C)C3CCC(=O)C=C3C(O)CC12. The van der Waals surface area contributed by atoms with Crippen LogP contribution in [-0.4, -0.2) is 28.7 Å². The second kappa shape index (κ2) is 4.67. The molecule has 0 aromatic carbocycles. The average Bonchev–Trinajstić information content (AvgIpc) is 2.42. The predicted octanol–water partition coefficient (Wildman–Crippen LogP) is 2.46. The molecule has 112 valence electrons. The zero-order valence-corrected chi connectivity index (χ0v) is 12.6. The van der Waals surface area contributed by atoms with E-state index in [9.17, 15) is 15.0 Å². The minimum atomic E-state index is -0.494. The van der Waals surface area contributed by atoms with Crippen molar-refractivity contribution in [2.45, 2.75) is 58.5 Å². The van der Waals surface area contributed by atoms with Gasteiger partial charge in [0.1, 0.15) is 0 Å². The second-order valence-corrected chi connectivity index (χ2v) is 7.68. The van der Waals surface area contributed by atoms with Gasteiger partial charge in [-0.15, -0.1) is 0 Å². The Labute approximate surface area is 121 Å². The van der Waals surface area contributed by atoms with Crippen LogP contribution in [0.1, 0.15) is 52.4 Å². The van der Waals surface area contributed by atoms with Crippen molar-refractivity contribution in [3.8, 4) is 0 Å². The topological polar surface area (TPSA) is 57.5 Å². The van der Waals surface area contributed by atoms with Crippen molar-refractivity contribution in [1.82, 2.24) is 0 Å². The maximum absolute atomic E-state index is 11.7. The Morgan fingerprint density at radius 2 is 2.10 bits per heavy atom. The number of rotatable bonds is 1. The van der Waals surface area contributed by atoms with Gasteiger partial charge in [-0.3, -0.25) is 4.79 Å². The molecule has 3 heteroatoms. The third kappa shape index (κ3) is 1.90. The molecule has 2 fully saturated rings. The third-order valence-electron chi connectivity index (χ3n) is 6.51. The van der Waals surface area contributed by atoms with E-state index >= 15 is 0 Å². The Morgan fingerprint density at radius 1 is 1.35 bits per heavy atom. The third-order valence-corrected chi connectivity index (χ3v) is 6.51. The van der Waals surface area contributed by atoms with E-state index in [0.29, 0.717) is 24.7 Å². The normalized spacial score (nSPS) is 48.3. The van der Waals surface area contributed by atoms with Crippen LogP contribution in [0, 0.1) is 22.7 Å². The zero-order valence-electron chi connectivity index (χ0n) is 12.6. The fraction of sp³-hybridized carbons (Fsp3) is 0.824. The molecule has 0 aromatic rings. The van der Waals surface area contributed by atoms with Gasteiger partial charge in [0, 0.05) is 13.0 Å². The standard InChI is InChI=1S/C17H26O3/c1-16(10-18)6-3-7-17(2)13-5-4-11(19)8-12(13)14(20)9-15(16)17/h8,13-15,18,20H,3-7,9-10H2,1-2H3. The van der Waals surface area contributed by atoms with E-state index in [1.165, 1.54) is 0 Å². The highest BCUT2D eigenvalue weighted by atomic mass is 16.3. The first kappa shape index (κ1) is 14.3. The Kier molecular flexibility index (Phi) is 3.33. The number of hydrogen-bond donors (Lipinski definition) is 2. The van der Waals surface area contributed by atoms with Gasteiger partial charge >= 0.3 is 0 Å². The van der Waals surface area contributed by atoms with Crippen molar-refractivity contribution in [2.75, 3.05) is 6.61 Å². The van der Waals surface area contributed by atoms with Crippen LogP contribution in [0.4, 0.5) is 0 Å². The van der Waals surface area contributed by atoms with Gasteiger partial charge in [0.05, 0.1) is 6.10 Å². The lowest BCUT2D eigenvalue weighted by Crippen LogP contribution is -2.55. The minimum Gasteiger partial charge on any atom is -0.396 e. The molecule has 0 heterocycles. The van der Waals surface area contributed by atoms with E-state index in [1.807, 2.05) is 0 Å². The first-order chi connectivity index (χ1) is 9.40. The van der Waals surface area contributed by atoms with Crippen molar-refractivity contribution < 1.29 is 15.0 Å². The van der Waals surface area contributed by atoms with Gasteiger partial charge in [0.25, 0.3) is 0 Å². The number of aliphatic hydroxyl groups excluding tert-OH is 2. The van der Waals surface area contributed by atoms with Gasteiger partial charge in [-0.1, -0.05) is 20.3 Å². The van der Waals surface area contributed by atoms with Crippen molar-refractivity contribution in [3.05, 3.63) is 11.6 Å². The highest BCUT2D eigenvalue weighted by molar-refractivity contribution is 5.91. The maximum Gasteiger partial charge on any atom is 0.155 e. The lowest BCUT2D eigenvalue weighted by Gasteiger charge is -2.60. The van der Waals surface area contributed by atoms with E-state index in [4.69, 9.17) is 0 Å². The summed E-state index contributed by atoms with van der Waals surface area (Å²) in [6.45, 7) is 4.69. The summed E-state index contributed by atoms with van der Waals surface area (Å²) >= 11 is 0. The summed E-state index contributed by atoms with van der Waals surface area (Å²) in [7, 11) is 0. The fourth-order valence-corrected chi connectivity index (χ4v) is 5.39. The molecular formula is C17H26O3. The maximum atomic E-state index is 11.7. The summed E-state index contributed by atoms with van der Waals surface area (Å²) in [6.07, 6.45) is 6.73. The molecule has 0 bridgehead atoms. The molecule has 0 saturated heterocycles. The molecule has 0 aromatic heterocycles. The van der Waals surface area contributed by atoms with Crippen molar-refractivity contribution in [1.29, 1.82) is 0 Å². The van der Waals surface area contributed by atoms with Crippen LogP contribution in [0.5, 0.6) is 0 Å². The van der Waals surface area contributed by atoms with E-state index in [2.05, 4.69) is 13.8 Å². The van der Waals surface area contributed by atoms with E-state index < -0.39 is 6.10 Å². The van der Waals surface area contributed by atoms with Crippen molar-refractivity contribution in [3.63, 3.8) is 0 Å². The second-order valence-electron chi connectivity index (χ2n) is 7.68. The predicted molar refractivity (Wildman–Crippen MR) is 77.1 cm³/mol. The molecule has 5 atom stereocenters. The molecule has 0 spiro atoms.